The van der Waals surface area contributed by atoms with Crippen molar-refractivity contribution in [3.8, 4) is 0 Å². The standard InChI is InChI=1S/C9H6BrNO3/c1-5(12)11-8-3-2-6(10)4-7(8)9(13)14/h1-4H,(H,11,12)(H,13,14). The van der Waals surface area contributed by atoms with Crippen LogP contribution >= 0.6 is 15.9 Å². The molecule has 2 N–H and O–H groups in total. The summed E-state index contributed by atoms with van der Waals surface area (Å²) in [6.45, 7) is 4.88. The first-order valence-corrected chi connectivity index (χ1v) is 4.39. The molecule has 0 unspecified atom stereocenters. The van der Waals surface area contributed by atoms with Crippen LogP contribution in [-0.2, 0) is 4.79 Å². The number of amides is 1. The quantitative estimate of drug-likeness (QED) is 0.847. The third-order valence-corrected chi connectivity index (χ3v) is 1.96. The van der Waals surface area contributed by atoms with E-state index in [-0.39, 0.29) is 11.3 Å². The highest BCUT2D eigenvalue weighted by Crippen LogP contribution is 2.20. The van der Waals surface area contributed by atoms with Crippen LogP contribution in [0.5, 0.6) is 0 Å². The average molecular weight is 256 g/mol. The van der Waals surface area contributed by atoms with E-state index in [9.17, 15) is 9.59 Å². The molecule has 2 radical (unpaired) electrons. The first-order chi connectivity index (χ1) is 6.50. The summed E-state index contributed by atoms with van der Waals surface area (Å²) in [4.78, 5) is 21.3. The molecule has 0 atom stereocenters. The second-order valence-electron chi connectivity index (χ2n) is 2.48. The van der Waals surface area contributed by atoms with Gasteiger partial charge in [-0.1, -0.05) is 15.9 Å². The molecule has 0 aromatic heterocycles. The van der Waals surface area contributed by atoms with E-state index in [1.165, 1.54) is 12.1 Å². The molecule has 0 saturated heterocycles. The number of rotatable bonds is 2. The Bertz CT molecular complexity index is 390. The predicted octanol–water partition coefficient (Wildman–Crippen LogP) is 1.80. The third kappa shape index (κ3) is 2.56. The minimum atomic E-state index is -1.13. The third-order valence-electron chi connectivity index (χ3n) is 1.47. The van der Waals surface area contributed by atoms with Crippen LogP contribution in [0.25, 0.3) is 0 Å². The Morgan fingerprint density at radius 1 is 1.43 bits per heavy atom. The van der Waals surface area contributed by atoms with Gasteiger partial charge >= 0.3 is 5.97 Å². The van der Waals surface area contributed by atoms with E-state index in [4.69, 9.17) is 12.0 Å². The Kier molecular flexibility index (Phi) is 3.24. The Balaban J connectivity index is 3.14. The summed E-state index contributed by atoms with van der Waals surface area (Å²) in [6.07, 6.45) is 0. The van der Waals surface area contributed by atoms with Gasteiger partial charge < -0.3 is 10.4 Å². The number of carbonyl (C=O) groups excluding carboxylic acids is 1. The molecule has 1 amide bonds. The number of hydrogen-bond acceptors (Lipinski definition) is 2. The monoisotopic (exact) mass is 255 g/mol. The topological polar surface area (TPSA) is 66.4 Å². The number of aromatic carboxylic acids is 1. The van der Waals surface area contributed by atoms with Gasteiger partial charge in [0.25, 0.3) is 0 Å². The Morgan fingerprint density at radius 2 is 2.07 bits per heavy atom. The summed E-state index contributed by atoms with van der Waals surface area (Å²) in [5.74, 6) is -1.93. The molecule has 1 aromatic carbocycles. The smallest absolute Gasteiger partial charge is 0.337 e. The number of carboxylic acid groups (broad SMARTS) is 1. The normalized spacial score (nSPS) is 9.57. The molecule has 0 fully saturated rings. The van der Waals surface area contributed by atoms with Gasteiger partial charge in [-0.25, -0.2) is 4.79 Å². The molecule has 14 heavy (non-hydrogen) atoms. The molecular weight excluding hydrogens is 250 g/mol. The lowest BCUT2D eigenvalue weighted by molar-refractivity contribution is -0.112. The molecule has 0 aliphatic rings. The maximum absolute atomic E-state index is 10.7. The lowest BCUT2D eigenvalue weighted by Gasteiger charge is -2.06. The second-order valence-corrected chi connectivity index (χ2v) is 3.40. The Labute approximate surface area is 89.1 Å². The zero-order valence-electron chi connectivity index (χ0n) is 6.95. The number of halogens is 1. The fraction of sp³-hybridized carbons (Fsp3) is 0. The number of hydrogen-bond donors (Lipinski definition) is 2. The van der Waals surface area contributed by atoms with Crippen molar-refractivity contribution in [2.24, 2.45) is 0 Å². The van der Waals surface area contributed by atoms with Crippen molar-refractivity contribution in [2.75, 3.05) is 5.32 Å². The van der Waals surface area contributed by atoms with Gasteiger partial charge in [-0.3, -0.25) is 4.79 Å². The van der Waals surface area contributed by atoms with Crippen LogP contribution in [0.4, 0.5) is 5.69 Å². The van der Waals surface area contributed by atoms with Crippen molar-refractivity contribution < 1.29 is 14.7 Å². The van der Waals surface area contributed by atoms with E-state index in [1.54, 1.807) is 6.07 Å². The van der Waals surface area contributed by atoms with E-state index < -0.39 is 11.9 Å². The van der Waals surface area contributed by atoms with E-state index >= 15 is 0 Å². The Hall–Kier alpha value is -1.36. The fourth-order valence-electron chi connectivity index (χ4n) is 0.935. The fourth-order valence-corrected chi connectivity index (χ4v) is 1.30. The van der Waals surface area contributed by atoms with Gasteiger partial charge in [-0.2, -0.15) is 0 Å². The molecule has 5 heteroatoms. The summed E-state index contributed by atoms with van der Waals surface area (Å²) >= 11 is 3.12. The average Bonchev–Trinajstić information content (AvgIpc) is 2.07. The highest BCUT2D eigenvalue weighted by molar-refractivity contribution is 9.10. The van der Waals surface area contributed by atoms with E-state index in [1.807, 2.05) is 0 Å². The molecule has 0 aliphatic heterocycles. The minimum absolute atomic E-state index is 0.0156. The van der Waals surface area contributed by atoms with E-state index in [2.05, 4.69) is 21.2 Å². The molecule has 0 bridgehead atoms. The summed E-state index contributed by atoms with van der Waals surface area (Å²) < 4.78 is 0.616. The molecule has 0 aliphatic carbocycles. The van der Waals surface area contributed by atoms with Crippen LogP contribution in [0.15, 0.2) is 22.7 Å². The molecule has 4 nitrogen and oxygen atoms in total. The van der Waals surface area contributed by atoms with Gasteiger partial charge in [0.15, 0.2) is 0 Å². The summed E-state index contributed by atoms with van der Waals surface area (Å²) in [7, 11) is 0. The lowest BCUT2D eigenvalue weighted by Crippen LogP contribution is -2.10. The number of nitrogens with one attached hydrogen (secondary N) is 1. The van der Waals surface area contributed by atoms with Crippen molar-refractivity contribution in [3.63, 3.8) is 0 Å². The number of benzene rings is 1. The van der Waals surface area contributed by atoms with Crippen LogP contribution in [0.3, 0.4) is 0 Å². The summed E-state index contributed by atoms with van der Waals surface area (Å²) in [6, 6.07) is 4.45. The van der Waals surface area contributed by atoms with Crippen LogP contribution in [0, 0.1) is 6.92 Å². The van der Waals surface area contributed by atoms with Crippen molar-refractivity contribution in [3.05, 3.63) is 35.2 Å². The first-order valence-electron chi connectivity index (χ1n) is 3.60. The molecule has 72 valence electrons. The van der Waals surface area contributed by atoms with Gasteiger partial charge in [0.2, 0.25) is 5.91 Å². The van der Waals surface area contributed by atoms with Crippen molar-refractivity contribution in [1.82, 2.24) is 0 Å². The summed E-state index contributed by atoms with van der Waals surface area (Å²) in [5, 5.41) is 11.0. The van der Waals surface area contributed by atoms with Gasteiger partial charge in [0.1, 0.15) is 0 Å². The van der Waals surface area contributed by atoms with Crippen LogP contribution in [0.2, 0.25) is 0 Å². The highest BCUT2D eigenvalue weighted by Gasteiger charge is 2.11. The van der Waals surface area contributed by atoms with Crippen molar-refractivity contribution >= 4 is 33.5 Å². The van der Waals surface area contributed by atoms with Gasteiger partial charge in [-0.05, 0) is 18.2 Å². The highest BCUT2D eigenvalue weighted by atomic mass is 79.9. The maximum Gasteiger partial charge on any atom is 0.337 e. The Morgan fingerprint density at radius 3 is 2.57 bits per heavy atom. The number of carbonyl (C=O) groups is 2. The molecular formula is C9H6BrNO3. The second kappa shape index (κ2) is 4.23. The molecule has 1 aromatic rings. The lowest BCUT2D eigenvalue weighted by atomic mass is 10.2. The molecule has 0 spiro atoms. The van der Waals surface area contributed by atoms with E-state index in [0.717, 1.165) is 0 Å². The minimum Gasteiger partial charge on any atom is -0.478 e. The molecule has 0 heterocycles. The molecule has 0 saturated carbocycles. The van der Waals surface area contributed by atoms with Crippen molar-refractivity contribution in [1.29, 1.82) is 0 Å². The van der Waals surface area contributed by atoms with Crippen LogP contribution < -0.4 is 5.32 Å². The van der Waals surface area contributed by atoms with E-state index in [0.29, 0.717) is 4.47 Å². The molecule has 1 rings (SSSR count). The number of carboxylic acids is 1. The van der Waals surface area contributed by atoms with Crippen LogP contribution in [-0.4, -0.2) is 17.0 Å². The maximum atomic E-state index is 10.7. The first kappa shape index (κ1) is 10.7. The van der Waals surface area contributed by atoms with Gasteiger partial charge in [0.05, 0.1) is 18.2 Å². The van der Waals surface area contributed by atoms with Gasteiger partial charge in [0, 0.05) is 4.47 Å². The largest absolute Gasteiger partial charge is 0.478 e. The predicted molar refractivity (Wildman–Crippen MR) is 54.0 cm³/mol. The van der Waals surface area contributed by atoms with Crippen LogP contribution in [0.1, 0.15) is 10.4 Å². The number of anilines is 1. The summed E-state index contributed by atoms with van der Waals surface area (Å²) in [5.41, 5.74) is 0.159. The SMILES string of the molecule is [CH]C(=O)Nc1ccc(Br)cc1C(=O)O. The van der Waals surface area contributed by atoms with Crippen molar-refractivity contribution in [2.45, 2.75) is 0 Å². The zero-order valence-corrected chi connectivity index (χ0v) is 8.54. The van der Waals surface area contributed by atoms with Gasteiger partial charge in [-0.15, -0.1) is 0 Å². The zero-order chi connectivity index (χ0) is 10.7.